The van der Waals surface area contributed by atoms with Gasteiger partial charge in [0.25, 0.3) is 0 Å². The molecule has 1 aromatic carbocycles. The third-order valence-electron chi connectivity index (χ3n) is 4.02. The summed E-state index contributed by atoms with van der Waals surface area (Å²) in [6.45, 7) is 4.49. The normalized spacial score (nSPS) is 28.5. The van der Waals surface area contributed by atoms with Gasteiger partial charge >= 0.3 is 0 Å². The summed E-state index contributed by atoms with van der Waals surface area (Å²) < 4.78 is 2.36. The summed E-state index contributed by atoms with van der Waals surface area (Å²) in [5.41, 5.74) is 1.30. The van der Waals surface area contributed by atoms with Crippen LogP contribution < -0.4 is 10.2 Å². The van der Waals surface area contributed by atoms with Gasteiger partial charge in [-0.15, -0.1) is 0 Å². The molecule has 2 unspecified atom stereocenters. The first-order valence-corrected chi connectivity index (χ1v) is 8.19. The smallest absolute Gasteiger partial charge is 0.0658 e. The van der Waals surface area contributed by atoms with Crippen molar-refractivity contribution in [3.05, 3.63) is 27.1 Å². The van der Waals surface area contributed by atoms with Gasteiger partial charge in [0.2, 0.25) is 0 Å². The first-order valence-electron chi connectivity index (χ1n) is 6.61. The minimum atomic E-state index is 0.537. The monoisotopic (exact) mass is 372 g/mol. The Morgan fingerprint density at radius 3 is 2.50 bits per heavy atom. The van der Waals surface area contributed by atoms with E-state index in [0.717, 1.165) is 19.0 Å². The van der Waals surface area contributed by atoms with E-state index in [-0.39, 0.29) is 0 Å². The number of halogens is 2. The number of rotatable bonds is 2. The molecule has 0 bridgehead atoms. The highest BCUT2D eigenvalue weighted by atomic mass is 79.9. The second kappa shape index (κ2) is 5.14. The SMILES string of the molecule is CC1CNC(C2CC2)CN1c1c(Br)cccc1Br. The van der Waals surface area contributed by atoms with E-state index in [1.165, 1.54) is 27.5 Å². The van der Waals surface area contributed by atoms with E-state index in [0.29, 0.717) is 12.1 Å². The van der Waals surface area contributed by atoms with Crippen molar-refractivity contribution in [2.45, 2.75) is 31.8 Å². The molecule has 1 aliphatic heterocycles. The van der Waals surface area contributed by atoms with E-state index < -0.39 is 0 Å². The number of anilines is 1. The van der Waals surface area contributed by atoms with Gasteiger partial charge in [-0.05, 0) is 69.7 Å². The van der Waals surface area contributed by atoms with Gasteiger partial charge in [-0.25, -0.2) is 0 Å². The fourth-order valence-corrected chi connectivity index (χ4v) is 4.23. The summed E-state index contributed by atoms with van der Waals surface area (Å²) in [4.78, 5) is 2.54. The fourth-order valence-electron chi connectivity index (χ4n) is 2.78. The molecule has 2 fully saturated rings. The number of nitrogens with one attached hydrogen (secondary N) is 1. The Labute approximate surface area is 125 Å². The molecular weight excluding hydrogens is 356 g/mol. The van der Waals surface area contributed by atoms with Crippen LogP contribution in [0.3, 0.4) is 0 Å². The Bertz CT molecular complexity index is 425. The van der Waals surface area contributed by atoms with Crippen LogP contribution >= 0.6 is 31.9 Å². The molecule has 1 saturated carbocycles. The lowest BCUT2D eigenvalue weighted by Gasteiger charge is -2.41. The van der Waals surface area contributed by atoms with Crippen LogP contribution in [-0.2, 0) is 0 Å². The first-order chi connectivity index (χ1) is 8.66. The van der Waals surface area contributed by atoms with E-state index in [2.05, 4.69) is 67.2 Å². The number of para-hydroxylation sites is 1. The molecule has 98 valence electrons. The van der Waals surface area contributed by atoms with Crippen LogP contribution in [0.25, 0.3) is 0 Å². The largest absolute Gasteiger partial charge is 0.364 e. The van der Waals surface area contributed by atoms with Crippen molar-refractivity contribution in [2.75, 3.05) is 18.0 Å². The molecule has 3 rings (SSSR count). The molecule has 0 radical (unpaired) electrons. The number of hydrogen-bond acceptors (Lipinski definition) is 2. The standard InChI is InChI=1S/C14H18Br2N2/c1-9-7-17-13(10-5-6-10)8-18(9)14-11(15)3-2-4-12(14)16/h2-4,9-10,13,17H,5-8H2,1H3. The van der Waals surface area contributed by atoms with Gasteiger partial charge in [0.1, 0.15) is 0 Å². The average Bonchev–Trinajstić information content (AvgIpc) is 3.15. The van der Waals surface area contributed by atoms with E-state index in [1.54, 1.807) is 0 Å². The second-order valence-electron chi connectivity index (χ2n) is 5.42. The maximum atomic E-state index is 3.70. The van der Waals surface area contributed by atoms with Crippen LogP contribution in [0.5, 0.6) is 0 Å². The Balaban J connectivity index is 1.88. The molecule has 2 aliphatic rings. The van der Waals surface area contributed by atoms with Gasteiger partial charge in [0, 0.05) is 34.1 Å². The Kier molecular flexibility index (Phi) is 3.70. The van der Waals surface area contributed by atoms with Crippen molar-refractivity contribution in [1.29, 1.82) is 0 Å². The third kappa shape index (κ3) is 2.47. The molecule has 1 heterocycles. The molecule has 1 aliphatic carbocycles. The Morgan fingerprint density at radius 2 is 1.89 bits per heavy atom. The van der Waals surface area contributed by atoms with Gasteiger partial charge < -0.3 is 10.2 Å². The van der Waals surface area contributed by atoms with Crippen LogP contribution in [0.4, 0.5) is 5.69 Å². The number of piperazine rings is 1. The van der Waals surface area contributed by atoms with Crippen molar-refractivity contribution in [3.63, 3.8) is 0 Å². The zero-order valence-electron chi connectivity index (χ0n) is 10.5. The Hall–Kier alpha value is -0.0600. The minimum Gasteiger partial charge on any atom is -0.364 e. The van der Waals surface area contributed by atoms with Gasteiger partial charge in [-0.2, -0.15) is 0 Å². The van der Waals surface area contributed by atoms with Crippen molar-refractivity contribution >= 4 is 37.5 Å². The summed E-state index contributed by atoms with van der Waals surface area (Å²) in [5.74, 6) is 0.904. The van der Waals surface area contributed by atoms with Crippen molar-refractivity contribution in [1.82, 2.24) is 5.32 Å². The molecule has 1 aromatic rings. The van der Waals surface area contributed by atoms with Crippen molar-refractivity contribution < 1.29 is 0 Å². The van der Waals surface area contributed by atoms with E-state index in [9.17, 15) is 0 Å². The molecule has 1 N–H and O–H groups in total. The predicted molar refractivity (Wildman–Crippen MR) is 83.2 cm³/mol. The lowest BCUT2D eigenvalue weighted by molar-refractivity contribution is 0.375. The minimum absolute atomic E-state index is 0.537. The first kappa shape index (κ1) is 12.9. The summed E-state index contributed by atoms with van der Waals surface area (Å²) >= 11 is 7.38. The zero-order valence-corrected chi connectivity index (χ0v) is 13.7. The quantitative estimate of drug-likeness (QED) is 0.848. The van der Waals surface area contributed by atoms with Gasteiger partial charge in [0.15, 0.2) is 0 Å². The maximum Gasteiger partial charge on any atom is 0.0658 e. The number of nitrogens with zero attached hydrogens (tertiary/aromatic N) is 1. The lowest BCUT2D eigenvalue weighted by atomic mass is 10.1. The predicted octanol–water partition coefficient (Wildman–Crippen LogP) is 3.79. The van der Waals surface area contributed by atoms with E-state index >= 15 is 0 Å². The maximum absolute atomic E-state index is 3.70. The van der Waals surface area contributed by atoms with Gasteiger partial charge in [0.05, 0.1) is 5.69 Å². The van der Waals surface area contributed by atoms with Gasteiger partial charge in [-0.1, -0.05) is 6.07 Å². The summed E-state index contributed by atoms with van der Waals surface area (Å²) in [6.07, 6.45) is 2.80. The molecule has 1 saturated heterocycles. The van der Waals surface area contributed by atoms with Crippen LogP contribution in [0.15, 0.2) is 27.1 Å². The molecule has 4 heteroatoms. The molecule has 2 nitrogen and oxygen atoms in total. The highest BCUT2D eigenvalue weighted by Crippen LogP contribution is 2.39. The fraction of sp³-hybridized carbons (Fsp3) is 0.571. The average molecular weight is 374 g/mol. The third-order valence-corrected chi connectivity index (χ3v) is 5.30. The molecule has 0 amide bonds. The van der Waals surface area contributed by atoms with Crippen LogP contribution in [0, 0.1) is 5.92 Å². The van der Waals surface area contributed by atoms with Crippen molar-refractivity contribution in [2.24, 2.45) is 5.92 Å². The van der Waals surface area contributed by atoms with E-state index in [4.69, 9.17) is 0 Å². The second-order valence-corrected chi connectivity index (χ2v) is 7.13. The Morgan fingerprint density at radius 1 is 1.22 bits per heavy atom. The molecule has 18 heavy (non-hydrogen) atoms. The summed E-state index contributed by atoms with van der Waals surface area (Å²) in [6, 6.07) is 7.53. The number of benzene rings is 1. The van der Waals surface area contributed by atoms with Gasteiger partial charge in [-0.3, -0.25) is 0 Å². The van der Waals surface area contributed by atoms with Crippen LogP contribution in [0.1, 0.15) is 19.8 Å². The van der Waals surface area contributed by atoms with Crippen LogP contribution in [0.2, 0.25) is 0 Å². The molecule has 0 spiro atoms. The number of hydrogen-bond donors (Lipinski definition) is 1. The van der Waals surface area contributed by atoms with Crippen molar-refractivity contribution in [3.8, 4) is 0 Å². The molecular formula is C14H18Br2N2. The molecule has 0 aromatic heterocycles. The van der Waals surface area contributed by atoms with Crippen LogP contribution in [-0.4, -0.2) is 25.2 Å². The topological polar surface area (TPSA) is 15.3 Å². The van der Waals surface area contributed by atoms with E-state index in [1.807, 2.05) is 0 Å². The summed E-state index contributed by atoms with van der Waals surface area (Å²) in [7, 11) is 0. The lowest BCUT2D eigenvalue weighted by Crippen LogP contribution is -2.56. The highest BCUT2D eigenvalue weighted by Gasteiger charge is 2.36. The zero-order chi connectivity index (χ0) is 12.7. The summed E-state index contributed by atoms with van der Waals surface area (Å²) in [5, 5.41) is 3.70. The molecule has 2 atom stereocenters. The highest BCUT2D eigenvalue weighted by molar-refractivity contribution is 9.11.